The van der Waals surface area contributed by atoms with Gasteiger partial charge in [0.2, 0.25) is 0 Å². The van der Waals surface area contributed by atoms with Crippen molar-refractivity contribution in [1.29, 1.82) is 0 Å². The molecule has 1 aliphatic carbocycles. The summed E-state index contributed by atoms with van der Waals surface area (Å²) in [6.45, 7) is 4.56. The second kappa shape index (κ2) is 8.08. The fraction of sp³-hybridized carbons (Fsp3) is 0.812. The summed E-state index contributed by atoms with van der Waals surface area (Å²) in [5.74, 6) is 3.19. The van der Waals surface area contributed by atoms with E-state index in [1.165, 1.54) is 42.9 Å². The van der Waals surface area contributed by atoms with Crippen molar-refractivity contribution in [3.8, 4) is 0 Å². The summed E-state index contributed by atoms with van der Waals surface area (Å²) in [4.78, 5) is 0. The van der Waals surface area contributed by atoms with Crippen LogP contribution in [0, 0.1) is 5.92 Å². The van der Waals surface area contributed by atoms with Crippen molar-refractivity contribution in [2.75, 3.05) is 18.6 Å². The van der Waals surface area contributed by atoms with Gasteiger partial charge in [-0.3, -0.25) is 4.68 Å². The zero-order valence-electron chi connectivity index (χ0n) is 13.1. The van der Waals surface area contributed by atoms with Crippen molar-refractivity contribution in [2.45, 2.75) is 58.0 Å². The third-order valence-corrected chi connectivity index (χ3v) is 5.54. The molecule has 1 saturated carbocycles. The minimum absolute atomic E-state index is 0.533. The van der Waals surface area contributed by atoms with E-state index in [0.717, 1.165) is 12.3 Å². The average Bonchev–Trinajstić information content (AvgIpc) is 3.07. The van der Waals surface area contributed by atoms with Crippen molar-refractivity contribution in [3.05, 3.63) is 18.0 Å². The smallest absolute Gasteiger partial charge is 0.0640 e. The van der Waals surface area contributed by atoms with E-state index in [1.54, 1.807) is 0 Å². The van der Waals surface area contributed by atoms with Crippen molar-refractivity contribution in [2.24, 2.45) is 5.92 Å². The molecule has 1 aliphatic rings. The van der Waals surface area contributed by atoms with Crippen molar-refractivity contribution in [3.63, 3.8) is 0 Å². The van der Waals surface area contributed by atoms with Crippen LogP contribution in [0.25, 0.3) is 0 Å². The first-order valence-electron chi connectivity index (χ1n) is 7.98. The Morgan fingerprint density at radius 2 is 2.10 bits per heavy atom. The Morgan fingerprint density at radius 3 is 2.75 bits per heavy atom. The van der Waals surface area contributed by atoms with E-state index in [-0.39, 0.29) is 0 Å². The lowest BCUT2D eigenvalue weighted by molar-refractivity contribution is 0.460. The van der Waals surface area contributed by atoms with E-state index in [0.29, 0.717) is 12.1 Å². The van der Waals surface area contributed by atoms with E-state index in [2.05, 4.69) is 43.2 Å². The molecule has 1 unspecified atom stereocenters. The maximum absolute atomic E-state index is 4.79. The summed E-state index contributed by atoms with van der Waals surface area (Å²) >= 11 is 2.05. The van der Waals surface area contributed by atoms with Gasteiger partial charge in [0.25, 0.3) is 0 Å². The van der Waals surface area contributed by atoms with Crippen LogP contribution in [0.1, 0.15) is 51.3 Å². The first kappa shape index (κ1) is 15.9. The highest BCUT2D eigenvalue weighted by Crippen LogP contribution is 2.28. The maximum atomic E-state index is 4.79. The Hall–Kier alpha value is -0.480. The normalized spacial score (nSPS) is 18.0. The van der Waals surface area contributed by atoms with Gasteiger partial charge in [0.15, 0.2) is 0 Å². The lowest BCUT2D eigenvalue weighted by atomic mass is 10.2. The Balaban J connectivity index is 1.81. The summed E-state index contributed by atoms with van der Waals surface area (Å²) in [5, 5.41) is 8.22. The molecule has 1 heterocycles. The minimum atomic E-state index is 0.533. The van der Waals surface area contributed by atoms with Crippen LogP contribution in [-0.2, 0) is 6.42 Å². The summed E-state index contributed by atoms with van der Waals surface area (Å²) in [7, 11) is 2.06. The first-order valence-corrected chi connectivity index (χ1v) is 9.13. The summed E-state index contributed by atoms with van der Waals surface area (Å²) in [6.07, 6.45) is 8.57. The predicted molar refractivity (Wildman–Crippen MR) is 88.4 cm³/mol. The van der Waals surface area contributed by atoms with E-state index in [1.807, 2.05) is 11.8 Å². The second-order valence-corrected chi connectivity index (χ2v) is 7.42. The SMILES string of the molecule is CNC(CSCC(C)C)Cc1ccn(C2CCCC2)n1. The summed E-state index contributed by atoms with van der Waals surface area (Å²) in [5.41, 5.74) is 1.24. The van der Waals surface area contributed by atoms with Gasteiger partial charge >= 0.3 is 0 Å². The molecule has 0 aliphatic heterocycles. The molecule has 1 atom stereocenters. The Morgan fingerprint density at radius 1 is 1.35 bits per heavy atom. The lowest BCUT2D eigenvalue weighted by Gasteiger charge is -2.15. The van der Waals surface area contributed by atoms with Crippen LogP contribution in [0.3, 0.4) is 0 Å². The van der Waals surface area contributed by atoms with Crippen molar-refractivity contribution >= 4 is 11.8 Å². The summed E-state index contributed by atoms with van der Waals surface area (Å²) < 4.78 is 2.20. The van der Waals surface area contributed by atoms with Gasteiger partial charge in [-0.2, -0.15) is 16.9 Å². The largest absolute Gasteiger partial charge is 0.316 e. The van der Waals surface area contributed by atoms with E-state index < -0.39 is 0 Å². The molecule has 0 aromatic carbocycles. The highest BCUT2D eigenvalue weighted by atomic mass is 32.2. The van der Waals surface area contributed by atoms with E-state index in [4.69, 9.17) is 5.10 Å². The molecule has 2 rings (SSSR count). The molecule has 1 aromatic rings. The molecule has 0 bridgehead atoms. The van der Waals surface area contributed by atoms with Gasteiger partial charge in [0, 0.05) is 24.4 Å². The van der Waals surface area contributed by atoms with Crippen LogP contribution in [0.2, 0.25) is 0 Å². The molecule has 4 heteroatoms. The quantitative estimate of drug-likeness (QED) is 0.796. The van der Waals surface area contributed by atoms with Crippen LogP contribution >= 0.6 is 11.8 Å². The third-order valence-electron chi connectivity index (χ3n) is 4.00. The van der Waals surface area contributed by atoms with E-state index in [9.17, 15) is 0 Å². The number of nitrogens with one attached hydrogen (secondary N) is 1. The minimum Gasteiger partial charge on any atom is -0.316 e. The molecule has 0 saturated heterocycles. The monoisotopic (exact) mass is 295 g/mol. The van der Waals surface area contributed by atoms with Gasteiger partial charge in [-0.1, -0.05) is 26.7 Å². The Kier molecular flexibility index (Phi) is 6.43. The van der Waals surface area contributed by atoms with Gasteiger partial charge in [-0.25, -0.2) is 0 Å². The Bertz CT molecular complexity index is 383. The van der Waals surface area contributed by atoms with Crippen LogP contribution in [-0.4, -0.2) is 34.4 Å². The first-order chi connectivity index (χ1) is 9.69. The van der Waals surface area contributed by atoms with Crippen LogP contribution in [0.5, 0.6) is 0 Å². The maximum Gasteiger partial charge on any atom is 0.0640 e. The molecule has 0 amide bonds. The molecule has 1 aromatic heterocycles. The molecule has 1 N–H and O–H groups in total. The van der Waals surface area contributed by atoms with Gasteiger partial charge < -0.3 is 5.32 Å². The molecule has 0 spiro atoms. The topological polar surface area (TPSA) is 29.9 Å². The number of nitrogens with zero attached hydrogens (tertiary/aromatic N) is 2. The van der Waals surface area contributed by atoms with Gasteiger partial charge in [-0.05, 0) is 37.6 Å². The number of likely N-dealkylation sites (N-methyl/N-ethyl adjacent to an activating group) is 1. The molecular formula is C16H29N3S. The molecule has 3 nitrogen and oxygen atoms in total. The number of thioether (sulfide) groups is 1. The van der Waals surface area contributed by atoms with Crippen molar-refractivity contribution < 1.29 is 0 Å². The average molecular weight is 295 g/mol. The highest BCUT2D eigenvalue weighted by Gasteiger charge is 2.18. The standard InChI is InChI=1S/C16H29N3S/c1-13(2)11-20-12-15(17-3)10-14-8-9-19(18-14)16-6-4-5-7-16/h8-9,13,15-17H,4-7,10-12H2,1-3H3. The number of hydrogen-bond donors (Lipinski definition) is 1. The third kappa shape index (κ3) is 4.81. The van der Waals surface area contributed by atoms with Gasteiger partial charge in [0.1, 0.15) is 0 Å². The molecule has 20 heavy (non-hydrogen) atoms. The molecular weight excluding hydrogens is 266 g/mol. The second-order valence-electron chi connectivity index (χ2n) is 6.35. The number of hydrogen-bond acceptors (Lipinski definition) is 3. The van der Waals surface area contributed by atoms with E-state index >= 15 is 0 Å². The lowest BCUT2D eigenvalue weighted by Crippen LogP contribution is -2.30. The summed E-state index contributed by atoms with van der Waals surface area (Å²) in [6, 6.07) is 3.40. The van der Waals surface area contributed by atoms with Crippen LogP contribution in [0.4, 0.5) is 0 Å². The molecule has 1 fully saturated rings. The Labute approximate surface area is 127 Å². The van der Waals surface area contributed by atoms with Crippen LogP contribution < -0.4 is 5.32 Å². The number of rotatable bonds is 8. The zero-order valence-corrected chi connectivity index (χ0v) is 14.0. The predicted octanol–water partition coefficient (Wildman–Crippen LogP) is 3.52. The molecule has 0 radical (unpaired) electrons. The fourth-order valence-corrected chi connectivity index (χ4v) is 3.98. The highest BCUT2D eigenvalue weighted by molar-refractivity contribution is 7.99. The molecule has 114 valence electrons. The van der Waals surface area contributed by atoms with Crippen LogP contribution in [0.15, 0.2) is 12.3 Å². The van der Waals surface area contributed by atoms with Gasteiger partial charge in [0.05, 0.1) is 11.7 Å². The van der Waals surface area contributed by atoms with Crippen molar-refractivity contribution in [1.82, 2.24) is 15.1 Å². The van der Waals surface area contributed by atoms with Gasteiger partial charge in [-0.15, -0.1) is 0 Å². The fourth-order valence-electron chi connectivity index (χ4n) is 2.80. The zero-order chi connectivity index (χ0) is 14.4. The number of aromatic nitrogens is 2.